The summed E-state index contributed by atoms with van der Waals surface area (Å²) in [5, 5.41) is 12.0. The predicted molar refractivity (Wildman–Crippen MR) is 98.8 cm³/mol. The van der Waals surface area contributed by atoms with Crippen LogP contribution < -0.4 is 10.6 Å². The first kappa shape index (κ1) is 19.5. The molecule has 3 aromatic rings. The van der Waals surface area contributed by atoms with Gasteiger partial charge in [0.1, 0.15) is 5.82 Å². The van der Waals surface area contributed by atoms with E-state index in [0.29, 0.717) is 11.3 Å². The number of aromatic nitrogens is 2. The number of rotatable bonds is 7. The summed E-state index contributed by atoms with van der Waals surface area (Å²) in [6.45, 7) is 0.179. The number of amides is 2. The molecule has 0 aliphatic heterocycles. The molecule has 10 heteroatoms. The van der Waals surface area contributed by atoms with Gasteiger partial charge in [0.25, 0.3) is 0 Å². The minimum Gasteiger partial charge on any atom is -0.412 e. The number of nitrogens with zero attached hydrogens (tertiary/aromatic N) is 2. The van der Waals surface area contributed by atoms with Gasteiger partial charge in [-0.05, 0) is 29.8 Å². The molecule has 0 atom stereocenters. The zero-order valence-corrected chi connectivity index (χ0v) is 15.4. The van der Waals surface area contributed by atoms with Gasteiger partial charge in [0.15, 0.2) is 0 Å². The van der Waals surface area contributed by atoms with Crippen molar-refractivity contribution in [1.82, 2.24) is 15.5 Å². The molecule has 2 amide bonds. The van der Waals surface area contributed by atoms with E-state index in [1.807, 2.05) is 6.07 Å². The first-order chi connectivity index (χ1) is 13.4. The van der Waals surface area contributed by atoms with Gasteiger partial charge < -0.3 is 15.1 Å². The van der Waals surface area contributed by atoms with Gasteiger partial charge in [-0.1, -0.05) is 35.4 Å². The molecule has 0 saturated heterocycles. The topological polar surface area (TPSA) is 114 Å². The highest BCUT2D eigenvalue weighted by Crippen LogP contribution is 2.16. The van der Waals surface area contributed by atoms with Gasteiger partial charge in [0.2, 0.25) is 15.7 Å². The van der Waals surface area contributed by atoms with Crippen LogP contribution in [0.1, 0.15) is 11.5 Å². The predicted octanol–water partition coefficient (Wildman–Crippen LogP) is 2.55. The summed E-state index contributed by atoms with van der Waals surface area (Å²) in [5.74, 6) is -0.755. The molecule has 0 saturated carbocycles. The average molecular weight is 404 g/mol. The Bertz CT molecular complexity index is 1040. The Hall–Kier alpha value is -3.27. The van der Waals surface area contributed by atoms with Crippen molar-refractivity contribution in [1.29, 1.82) is 0 Å². The lowest BCUT2D eigenvalue weighted by atomic mass is 10.2. The maximum Gasteiger partial charge on any atom is 0.335 e. The molecular formula is C18H17FN4O4S. The van der Waals surface area contributed by atoms with Gasteiger partial charge in [-0.3, -0.25) is 0 Å². The molecule has 0 spiro atoms. The second kappa shape index (κ2) is 8.61. The lowest BCUT2D eigenvalue weighted by Gasteiger charge is -2.06. The maximum atomic E-state index is 12.9. The van der Waals surface area contributed by atoms with Crippen molar-refractivity contribution in [3.63, 3.8) is 0 Å². The van der Waals surface area contributed by atoms with Gasteiger partial charge in [-0.15, -0.1) is 5.10 Å². The number of para-hydroxylation sites is 1. The van der Waals surface area contributed by atoms with Crippen molar-refractivity contribution in [3.05, 3.63) is 71.9 Å². The van der Waals surface area contributed by atoms with Crippen LogP contribution in [0.5, 0.6) is 0 Å². The van der Waals surface area contributed by atoms with Gasteiger partial charge in [0.05, 0.1) is 5.75 Å². The van der Waals surface area contributed by atoms with Crippen LogP contribution >= 0.6 is 0 Å². The monoisotopic (exact) mass is 404 g/mol. The van der Waals surface area contributed by atoms with Crippen molar-refractivity contribution >= 4 is 21.6 Å². The molecule has 0 radical (unpaired) electrons. The summed E-state index contributed by atoms with van der Waals surface area (Å²) in [7, 11) is -3.85. The van der Waals surface area contributed by atoms with Crippen LogP contribution in [0.2, 0.25) is 0 Å². The first-order valence-electron chi connectivity index (χ1n) is 8.32. The summed E-state index contributed by atoms with van der Waals surface area (Å²) in [4.78, 5) is 11.8. The van der Waals surface area contributed by atoms with E-state index < -0.39 is 26.9 Å². The highest BCUT2D eigenvalue weighted by molar-refractivity contribution is 7.90. The van der Waals surface area contributed by atoms with E-state index in [1.165, 1.54) is 24.3 Å². The summed E-state index contributed by atoms with van der Waals surface area (Å²) in [6.07, 6.45) is 0.168. The molecular weight excluding hydrogens is 387 g/mol. The molecule has 0 bridgehead atoms. The highest BCUT2D eigenvalue weighted by Gasteiger charge is 2.23. The third-order valence-corrected chi connectivity index (χ3v) is 5.05. The molecule has 3 rings (SSSR count). The number of hydrogen-bond acceptors (Lipinski definition) is 6. The van der Waals surface area contributed by atoms with E-state index in [-0.39, 0.29) is 24.6 Å². The van der Waals surface area contributed by atoms with Crippen LogP contribution in [0.25, 0.3) is 0 Å². The second-order valence-corrected chi connectivity index (χ2v) is 7.71. The van der Waals surface area contributed by atoms with Crippen molar-refractivity contribution in [2.24, 2.45) is 0 Å². The largest absolute Gasteiger partial charge is 0.412 e. The van der Waals surface area contributed by atoms with Crippen LogP contribution in [0.4, 0.5) is 14.9 Å². The fourth-order valence-electron chi connectivity index (χ4n) is 2.31. The van der Waals surface area contributed by atoms with Crippen molar-refractivity contribution in [2.45, 2.75) is 17.4 Å². The quantitative estimate of drug-likeness (QED) is 0.626. The van der Waals surface area contributed by atoms with Crippen LogP contribution in [-0.4, -0.2) is 31.2 Å². The van der Waals surface area contributed by atoms with Gasteiger partial charge in [0, 0.05) is 18.7 Å². The van der Waals surface area contributed by atoms with Crippen LogP contribution in [0, 0.1) is 5.82 Å². The second-order valence-electron chi connectivity index (χ2n) is 5.84. The number of benzene rings is 2. The van der Waals surface area contributed by atoms with Crippen LogP contribution in [0.15, 0.2) is 64.2 Å². The van der Waals surface area contributed by atoms with Gasteiger partial charge in [-0.2, -0.15) is 0 Å². The molecule has 8 nitrogen and oxygen atoms in total. The lowest BCUT2D eigenvalue weighted by Crippen LogP contribution is -2.30. The molecule has 1 aromatic heterocycles. The minimum atomic E-state index is -3.85. The van der Waals surface area contributed by atoms with Crippen LogP contribution in [0.3, 0.4) is 0 Å². The number of anilines is 1. The third kappa shape index (κ3) is 5.36. The first-order valence-corrected chi connectivity index (χ1v) is 9.97. The van der Waals surface area contributed by atoms with E-state index in [1.54, 1.807) is 24.3 Å². The Balaban J connectivity index is 1.52. The molecule has 2 aromatic carbocycles. The molecule has 0 aliphatic carbocycles. The molecule has 1 heterocycles. The van der Waals surface area contributed by atoms with E-state index in [0.717, 1.165) is 0 Å². The van der Waals surface area contributed by atoms with Crippen molar-refractivity contribution in [2.75, 3.05) is 11.9 Å². The molecule has 0 unspecified atom stereocenters. The number of carbonyl (C=O) groups is 1. The number of carbonyl (C=O) groups excluding carboxylic acids is 1. The Morgan fingerprint density at radius 1 is 1.04 bits per heavy atom. The molecule has 146 valence electrons. The smallest absolute Gasteiger partial charge is 0.335 e. The SMILES string of the molecule is O=C(NCCc1nnc(S(=O)(=O)Cc2ccc(F)cc2)o1)Nc1ccccc1. The third-order valence-electron chi connectivity index (χ3n) is 3.64. The standard InChI is InChI=1S/C18H17FN4O4S/c19-14-8-6-13(7-9-14)12-28(25,26)18-23-22-16(27-18)10-11-20-17(24)21-15-4-2-1-3-5-15/h1-9H,10-12H2,(H2,20,21,24). The Kier molecular flexibility index (Phi) is 5.99. The number of sulfone groups is 1. The maximum absolute atomic E-state index is 12.9. The number of nitrogens with one attached hydrogen (secondary N) is 2. The zero-order valence-electron chi connectivity index (χ0n) is 14.6. The summed E-state index contributed by atoms with van der Waals surface area (Å²) >= 11 is 0. The number of urea groups is 1. The van der Waals surface area contributed by atoms with E-state index >= 15 is 0 Å². The highest BCUT2D eigenvalue weighted by atomic mass is 32.2. The Morgan fingerprint density at radius 2 is 1.75 bits per heavy atom. The van der Waals surface area contributed by atoms with E-state index in [2.05, 4.69) is 20.8 Å². The fourth-order valence-corrected chi connectivity index (χ4v) is 3.45. The van der Waals surface area contributed by atoms with Crippen molar-refractivity contribution < 1.29 is 22.0 Å². The minimum absolute atomic E-state index is 0.0812. The Morgan fingerprint density at radius 3 is 2.46 bits per heavy atom. The average Bonchev–Trinajstić information content (AvgIpc) is 3.14. The van der Waals surface area contributed by atoms with E-state index in [4.69, 9.17) is 4.42 Å². The van der Waals surface area contributed by atoms with Gasteiger partial charge in [-0.25, -0.2) is 17.6 Å². The van der Waals surface area contributed by atoms with Crippen LogP contribution in [-0.2, 0) is 22.0 Å². The summed E-state index contributed by atoms with van der Waals surface area (Å²) < 4.78 is 42.7. The number of halogens is 1. The van der Waals surface area contributed by atoms with Gasteiger partial charge >= 0.3 is 11.3 Å². The number of hydrogen-bond donors (Lipinski definition) is 2. The zero-order chi connectivity index (χ0) is 20.0. The van der Waals surface area contributed by atoms with Crippen molar-refractivity contribution in [3.8, 4) is 0 Å². The molecule has 2 N–H and O–H groups in total. The normalized spacial score (nSPS) is 11.2. The fraction of sp³-hybridized carbons (Fsp3) is 0.167. The molecule has 0 fully saturated rings. The van der Waals surface area contributed by atoms with E-state index in [9.17, 15) is 17.6 Å². The Labute approximate surface area is 160 Å². The molecule has 0 aliphatic rings. The summed E-state index contributed by atoms with van der Waals surface area (Å²) in [5.41, 5.74) is 1.05. The lowest BCUT2D eigenvalue weighted by molar-refractivity contribution is 0.252. The summed E-state index contributed by atoms with van der Waals surface area (Å²) in [6, 6.07) is 13.6. The molecule has 28 heavy (non-hydrogen) atoms.